The summed E-state index contributed by atoms with van der Waals surface area (Å²) in [6.07, 6.45) is 0. The standard InChI is InChI=1S/C26H22F2N4O/c1-31-11-13-32(14-12-31)26(33)18-7-10-22-23(15-18)30-24(17-5-3-2-4-6-17)25(29-22)20-9-8-19(27)16-21(20)28/h2-10,15-16H,11-14H2,1H3. The number of carbonyl (C=O) groups is 1. The van der Waals surface area contributed by atoms with E-state index in [9.17, 15) is 13.6 Å². The van der Waals surface area contributed by atoms with Crippen molar-refractivity contribution in [3.8, 4) is 22.5 Å². The maximum atomic E-state index is 14.7. The molecule has 0 bridgehead atoms. The van der Waals surface area contributed by atoms with Gasteiger partial charge in [0.1, 0.15) is 17.3 Å². The Morgan fingerprint density at radius 2 is 1.55 bits per heavy atom. The summed E-state index contributed by atoms with van der Waals surface area (Å²) in [6.45, 7) is 3.03. The van der Waals surface area contributed by atoms with Crippen LogP contribution in [0.2, 0.25) is 0 Å². The predicted molar refractivity (Wildman–Crippen MR) is 124 cm³/mol. The summed E-state index contributed by atoms with van der Waals surface area (Å²) < 4.78 is 28.2. The van der Waals surface area contributed by atoms with Gasteiger partial charge in [-0.2, -0.15) is 0 Å². The highest BCUT2D eigenvalue weighted by molar-refractivity contribution is 5.98. The summed E-state index contributed by atoms with van der Waals surface area (Å²) >= 11 is 0. The third-order valence-corrected chi connectivity index (χ3v) is 5.94. The van der Waals surface area contributed by atoms with Gasteiger partial charge in [-0.25, -0.2) is 18.7 Å². The van der Waals surface area contributed by atoms with E-state index >= 15 is 0 Å². The first-order valence-corrected chi connectivity index (χ1v) is 10.8. The first kappa shape index (κ1) is 21.2. The smallest absolute Gasteiger partial charge is 0.254 e. The Morgan fingerprint density at radius 1 is 0.818 bits per heavy atom. The molecule has 1 aliphatic rings. The number of fused-ring (bicyclic) bond motifs is 1. The Hall–Kier alpha value is -3.71. The zero-order valence-electron chi connectivity index (χ0n) is 18.1. The predicted octanol–water partition coefficient (Wildman–Crippen LogP) is 4.63. The molecule has 1 aliphatic heterocycles. The molecule has 1 amide bonds. The third kappa shape index (κ3) is 4.19. The van der Waals surface area contributed by atoms with Crippen LogP contribution in [0.25, 0.3) is 33.5 Å². The summed E-state index contributed by atoms with van der Waals surface area (Å²) in [6, 6.07) is 17.9. The maximum absolute atomic E-state index is 14.7. The average Bonchev–Trinajstić information content (AvgIpc) is 2.83. The van der Waals surface area contributed by atoms with Gasteiger partial charge in [0.25, 0.3) is 5.91 Å². The van der Waals surface area contributed by atoms with E-state index in [2.05, 4.69) is 9.88 Å². The van der Waals surface area contributed by atoms with Crippen LogP contribution in [-0.2, 0) is 0 Å². The number of hydrogen-bond acceptors (Lipinski definition) is 4. The number of hydrogen-bond donors (Lipinski definition) is 0. The number of rotatable bonds is 3. The topological polar surface area (TPSA) is 49.3 Å². The van der Waals surface area contributed by atoms with Gasteiger partial charge in [-0.1, -0.05) is 30.3 Å². The lowest BCUT2D eigenvalue weighted by molar-refractivity contribution is 0.0664. The highest BCUT2D eigenvalue weighted by Gasteiger charge is 2.22. The van der Waals surface area contributed by atoms with Crippen molar-refractivity contribution in [2.24, 2.45) is 0 Å². The highest BCUT2D eigenvalue weighted by Crippen LogP contribution is 2.33. The molecule has 7 heteroatoms. The molecule has 1 aromatic heterocycles. The SMILES string of the molecule is CN1CCN(C(=O)c2ccc3nc(-c4ccc(F)cc4F)c(-c4ccccc4)nc3c2)CC1. The highest BCUT2D eigenvalue weighted by atomic mass is 19.1. The molecule has 3 aromatic carbocycles. The van der Waals surface area contributed by atoms with Crippen molar-refractivity contribution in [2.45, 2.75) is 0 Å². The molecule has 0 radical (unpaired) electrons. The van der Waals surface area contributed by atoms with Gasteiger partial charge in [-0.05, 0) is 37.4 Å². The maximum Gasteiger partial charge on any atom is 0.254 e. The van der Waals surface area contributed by atoms with Gasteiger partial charge in [-0.3, -0.25) is 4.79 Å². The van der Waals surface area contributed by atoms with E-state index < -0.39 is 11.6 Å². The first-order chi connectivity index (χ1) is 16.0. The zero-order chi connectivity index (χ0) is 22.9. The van der Waals surface area contributed by atoms with Crippen molar-refractivity contribution >= 4 is 16.9 Å². The molecule has 33 heavy (non-hydrogen) atoms. The number of carbonyl (C=O) groups excluding carboxylic acids is 1. The molecule has 5 nitrogen and oxygen atoms in total. The normalized spacial score (nSPS) is 14.6. The number of amides is 1. The van der Waals surface area contributed by atoms with Gasteiger partial charge in [0.15, 0.2) is 0 Å². The summed E-state index contributed by atoms with van der Waals surface area (Å²) in [7, 11) is 2.04. The Morgan fingerprint density at radius 3 is 2.27 bits per heavy atom. The summed E-state index contributed by atoms with van der Waals surface area (Å²) in [5, 5.41) is 0. The first-order valence-electron chi connectivity index (χ1n) is 10.8. The Balaban J connectivity index is 1.62. The fourth-order valence-electron chi connectivity index (χ4n) is 4.05. The van der Waals surface area contributed by atoms with Crippen LogP contribution < -0.4 is 0 Å². The number of aromatic nitrogens is 2. The van der Waals surface area contributed by atoms with Crippen molar-refractivity contribution in [1.82, 2.24) is 19.8 Å². The van der Waals surface area contributed by atoms with E-state index in [1.807, 2.05) is 42.3 Å². The lowest BCUT2D eigenvalue weighted by Gasteiger charge is -2.32. The molecule has 0 spiro atoms. The van der Waals surface area contributed by atoms with Crippen molar-refractivity contribution in [3.63, 3.8) is 0 Å². The van der Waals surface area contributed by atoms with Gasteiger partial charge in [0.05, 0.1) is 16.7 Å². The molecule has 166 valence electrons. The number of benzene rings is 3. The van der Waals surface area contributed by atoms with Crippen LogP contribution in [0.15, 0.2) is 66.7 Å². The van der Waals surface area contributed by atoms with Crippen molar-refractivity contribution in [3.05, 3.63) is 83.9 Å². The van der Waals surface area contributed by atoms with Crippen LogP contribution in [0.3, 0.4) is 0 Å². The monoisotopic (exact) mass is 444 g/mol. The van der Waals surface area contributed by atoms with E-state index in [0.717, 1.165) is 24.7 Å². The van der Waals surface area contributed by atoms with Crippen LogP contribution in [-0.4, -0.2) is 58.9 Å². The molecular weight excluding hydrogens is 422 g/mol. The molecule has 0 unspecified atom stereocenters. The van der Waals surface area contributed by atoms with Crippen LogP contribution in [0.4, 0.5) is 8.78 Å². The largest absolute Gasteiger partial charge is 0.336 e. The lowest BCUT2D eigenvalue weighted by atomic mass is 10.0. The van der Waals surface area contributed by atoms with Gasteiger partial charge in [0.2, 0.25) is 0 Å². The van der Waals surface area contributed by atoms with Gasteiger partial charge < -0.3 is 9.80 Å². The fraction of sp³-hybridized carbons (Fsp3) is 0.192. The van der Waals surface area contributed by atoms with Crippen molar-refractivity contribution in [1.29, 1.82) is 0 Å². The summed E-state index contributed by atoms with van der Waals surface area (Å²) in [4.78, 5) is 26.5. The Bertz CT molecular complexity index is 1340. The minimum atomic E-state index is -0.706. The molecule has 2 heterocycles. The molecular formula is C26H22F2N4O. The Labute approximate surface area is 190 Å². The second-order valence-corrected chi connectivity index (χ2v) is 8.21. The third-order valence-electron chi connectivity index (χ3n) is 5.94. The number of piperazine rings is 1. The van der Waals surface area contributed by atoms with E-state index in [0.29, 0.717) is 41.1 Å². The quantitative estimate of drug-likeness (QED) is 0.462. The van der Waals surface area contributed by atoms with Crippen LogP contribution in [0, 0.1) is 11.6 Å². The molecule has 1 saturated heterocycles. The van der Waals surface area contributed by atoms with Crippen LogP contribution in [0.5, 0.6) is 0 Å². The molecule has 0 N–H and O–H groups in total. The number of nitrogens with zero attached hydrogens (tertiary/aromatic N) is 4. The molecule has 1 fully saturated rings. The van der Waals surface area contributed by atoms with Gasteiger partial charge in [0, 0.05) is 48.9 Å². The van der Waals surface area contributed by atoms with Gasteiger partial charge >= 0.3 is 0 Å². The van der Waals surface area contributed by atoms with E-state index in [4.69, 9.17) is 4.98 Å². The second-order valence-electron chi connectivity index (χ2n) is 8.21. The van der Waals surface area contributed by atoms with Crippen LogP contribution >= 0.6 is 0 Å². The average molecular weight is 444 g/mol. The fourth-order valence-corrected chi connectivity index (χ4v) is 4.05. The molecule has 4 aromatic rings. The minimum absolute atomic E-state index is 0.0401. The zero-order valence-corrected chi connectivity index (χ0v) is 18.1. The molecule has 0 saturated carbocycles. The van der Waals surface area contributed by atoms with Crippen molar-refractivity contribution < 1.29 is 13.6 Å². The lowest BCUT2D eigenvalue weighted by Crippen LogP contribution is -2.47. The molecule has 0 aliphatic carbocycles. The minimum Gasteiger partial charge on any atom is -0.336 e. The number of likely N-dealkylation sites (N-methyl/N-ethyl adjacent to an activating group) is 1. The van der Waals surface area contributed by atoms with E-state index in [1.165, 1.54) is 12.1 Å². The Kier molecular flexibility index (Phi) is 5.56. The summed E-state index contributed by atoms with van der Waals surface area (Å²) in [5.74, 6) is -1.40. The van der Waals surface area contributed by atoms with Crippen LogP contribution in [0.1, 0.15) is 10.4 Å². The van der Waals surface area contributed by atoms with Gasteiger partial charge in [-0.15, -0.1) is 0 Å². The van der Waals surface area contributed by atoms with E-state index in [1.54, 1.807) is 18.2 Å². The number of halogens is 2. The van der Waals surface area contributed by atoms with E-state index in [-0.39, 0.29) is 11.5 Å². The summed E-state index contributed by atoms with van der Waals surface area (Å²) in [5.41, 5.74) is 3.33. The second kappa shape index (κ2) is 8.67. The molecule has 5 rings (SSSR count). The molecule has 0 atom stereocenters. The van der Waals surface area contributed by atoms with Crippen molar-refractivity contribution in [2.75, 3.05) is 33.2 Å².